The summed E-state index contributed by atoms with van der Waals surface area (Å²) in [6.07, 6.45) is 0.00744. The fourth-order valence-corrected chi connectivity index (χ4v) is 1.79. The number of ether oxygens (including phenoxy) is 2. The predicted molar refractivity (Wildman–Crippen MR) is 54.2 cm³/mol. The largest absolute Gasteiger partial charge is 0.484 e. The molecule has 3 atom stereocenters. The molecular weight excluding hydrogens is 216 g/mol. The zero-order chi connectivity index (χ0) is 11.7. The lowest BCUT2D eigenvalue weighted by atomic mass is 9.86. The van der Waals surface area contributed by atoms with Crippen LogP contribution in [0.2, 0.25) is 0 Å². The molecule has 3 unspecified atom stereocenters. The Bertz CT molecular complexity index is 386. The predicted octanol–water partition coefficient (Wildman–Crippen LogP) is 1.46. The third-order valence-corrected chi connectivity index (χ3v) is 2.74. The zero-order valence-corrected chi connectivity index (χ0v) is 8.82. The average Bonchev–Trinajstić information content (AvgIpc) is 2.23. The van der Waals surface area contributed by atoms with Crippen molar-refractivity contribution in [2.24, 2.45) is 5.73 Å². The van der Waals surface area contributed by atoms with E-state index in [0.717, 1.165) is 18.2 Å². The standard InChI is InChI=1S/C11H13F2NO2/c1-15-11-8(14)5-10(11)16-9-4-6(12)2-3-7(9)13/h2-4,8,10-11H,5,14H2,1H3. The summed E-state index contributed by atoms with van der Waals surface area (Å²) < 4.78 is 36.5. The fraction of sp³-hybridized carbons (Fsp3) is 0.455. The van der Waals surface area contributed by atoms with Crippen molar-refractivity contribution in [2.45, 2.75) is 24.7 Å². The van der Waals surface area contributed by atoms with Crippen LogP contribution in [0.4, 0.5) is 8.78 Å². The SMILES string of the molecule is COC1C(N)CC1Oc1cc(F)ccc1F. The van der Waals surface area contributed by atoms with Crippen LogP contribution >= 0.6 is 0 Å². The molecule has 1 aliphatic rings. The Balaban J connectivity index is 2.07. The molecule has 0 heterocycles. The summed E-state index contributed by atoms with van der Waals surface area (Å²) in [5.41, 5.74) is 5.67. The third-order valence-electron chi connectivity index (χ3n) is 2.74. The summed E-state index contributed by atoms with van der Waals surface area (Å²) in [6.45, 7) is 0. The first-order valence-corrected chi connectivity index (χ1v) is 5.02. The second-order valence-corrected chi connectivity index (χ2v) is 3.83. The minimum Gasteiger partial charge on any atom is -0.484 e. The van der Waals surface area contributed by atoms with Gasteiger partial charge in [0.15, 0.2) is 11.6 Å². The van der Waals surface area contributed by atoms with E-state index in [-0.39, 0.29) is 24.0 Å². The molecule has 1 saturated carbocycles. The Morgan fingerprint density at radius 3 is 2.75 bits per heavy atom. The van der Waals surface area contributed by atoms with E-state index in [1.165, 1.54) is 7.11 Å². The van der Waals surface area contributed by atoms with Gasteiger partial charge in [0, 0.05) is 25.6 Å². The van der Waals surface area contributed by atoms with Gasteiger partial charge < -0.3 is 15.2 Å². The Hall–Kier alpha value is -1.20. The molecule has 0 spiro atoms. The van der Waals surface area contributed by atoms with E-state index >= 15 is 0 Å². The van der Waals surface area contributed by atoms with Crippen LogP contribution in [-0.2, 0) is 4.74 Å². The van der Waals surface area contributed by atoms with Crippen LogP contribution in [-0.4, -0.2) is 25.4 Å². The van der Waals surface area contributed by atoms with Crippen molar-refractivity contribution in [1.82, 2.24) is 0 Å². The summed E-state index contributed by atoms with van der Waals surface area (Å²) in [5, 5.41) is 0. The topological polar surface area (TPSA) is 44.5 Å². The number of hydrogen-bond acceptors (Lipinski definition) is 3. The lowest BCUT2D eigenvalue weighted by molar-refractivity contribution is -0.0794. The normalized spacial score (nSPS) is 28.6. The van der Waals surface area contributed by atoms with Crippen molar-refractivity contribution in [3.8, 4) is 5.75 Å². The highest BCUT2D eigenvalue weighted by atomic mass is 19.1. The molecule has 1 aliphatic carbocycles. The maximum atomic E-state index is 13.3. The maximum Gasteiger partial charge on any atom is 0.165 e. The van der Waals surface area contributed by atoms with E-state index in [9.17, 15) is 8.78 Å². The van der Waals surface area contributed by atoms with E-state index in [0.29, 0.717) is 6.42 Å². The van der Waals surface area contributed by atoms with E-state index in [1.807, 2.05) is 0 Å². The summed E-state index contributed by atoms with van der Waals surface area (Å²) in [6, 6.07) is 2.99. The minimum absolute atomic E-state index is 0.0982. The number of rotatable bonds is 3. The van der Waals surface area contributed by atoms with Gasteiger partial charge in [-0.05, 0) is 12.1 Å². The molecule has 0 bridgehead atoms. The highest BCUT2D eigenvalue weighted by molar-refractivity contribution is 5.25. The number of nitrogens with two attached hydrogens (primary N) is 1. The quantitative estimate of drug-likeness (QED) is 0.853. The molecule has 0 amide bonds. The van der Waals surface area contributed by atoms with E-state index in [4.69, 9.17) is 15.2 Å². The number of benzene rings is 1. The Morgan fingerprint density at radius 1 is 1.38 bits per heavy atom. The molecule has 16 heavy (non-hydrogen) atoms. The van der Waals surface area contributed by atoms with Crippen molar-refractivity contribution in [3.05, 3.63) is 29.8 Å². The lowest BCUT2D eigenvalue weighted by Gasteiger charge is -2.40. The second-order valence-electron chi connectivity index (χ2n) is 3.83. The van der Waals surface area contributed by atoms with Gasteiger partial charge in [0.2, 0.25) is 0 Å². The van der Waals surface area contributed by atoms with Crippen LogP contribution in [0.25, 0.3) is 0 Å². The molecule has 1 aromatic carbocycles. The first-order chi connectivity index (χ1) is 7.61. The van der Waals surface area contributed by atoms with E-state index < -0.39 is 11.6 Å². The summed E-state index contributed by atoms with van der Waals surface area (Å²) >= 11 is 0. The van der Waals surface area contributed by atoms with Gasteiger partial charge in [-0.25, -0.2) is 8.78 Å². The van der Waals surface area contributed by atoms with Gasteiger partial charge >= 0.3 is 0 Å². The number of methoxy groups -OCH3 is 1. The van der Waals surface area contributed by atoms with Crippen molar-refractivity contribution >= 4 is 0 Å². The minimum atomic E-state index is -0.586. The van der Waals surface area contributed by atoms with Crippen LogP contribution in [0.15, 0.2) is 18.2 Å². The third kappa shape index (κ3) is 2.01. The van der Waals surface area contributed by atoms with Crippen molar-refractivity contribution < 1.29 is 18.3 Å². The van der Waals surface area contributed by atoms with Crippen molar-refractivity contribution in [1.29, 1.82) is 0 Å². The molecular formula is C11H13F2NO2. The number of hydrogen-bond donors (Lipinski definition) is 1. The first kappa shape index (κ1) is 11.3. The molecule has 5 heteroatoms. The molecule has 0 radical (unpaired) electrons. The molecule has 0 aromatic heterocycles. The van der Waals surface area contributed by atoms with Crippen molar-refractivity contribution in [3.63, 3.8) is 0 Å². The fourth-order valence-electron chi connectivity index (χ4n) is 1.79. The van der Waals surface area contributed by atoms with Gasteiger partial charge in [0.25, 0.3) is 0 Å². The summed E-state index contributed by atoms with van der Waals surface area (Å²) in [7, 11) is 1.52. The van der Waals surface area contributed by atoms with Crippen molar-refractivity contribution in [2.75, 3.05) is 7.11 Å². The van der Waals surface area contributed by atoms with Gasteiger partial charge in [-0.15, -0.1) is 0 Å². The van der Waals surface area contributed by atoms with Gasteiger partial charge in [-0.2, -0.15) is 0 Å². The highest BCUT2D eigenvalue weighted by Crippen LogP contribution is 2.29. The van der Waals surface area contributed by atoms with Crippen LogP contribution < -0.4 is 10.5 Å². The second kappa shape index (κ2) is 4.35. The Labute approximate surface area is 92.1 Å². The molecule has 0 saturated heterocycles. The molecule has 2 N–H and O–H groups in total. The Morgan fingerprint density at radius 2 is 2.12 bits per heavy atom. The molecule has 1 aromatic rings. The van der Waals surface area contributed by atoms with Crippen LogP contribution in [0.1, 0.15) is 6.42 Å². The molecule has 1 fully saturated rings. The van der Waals surface area contributed by atoms with Crippen LogP contribution in [0.5, 0.6) is 5.75 Å². The molecule has 88 valence electrons. The van der Waals surface area contributed by atoms with Gasteiger partial charge in [0.1, 0.15) is 18.0 Å². The lowest BCUT2D eigenvalue weighted by Crippen LogP contribution is -2.59. The Kier molecular flexibility index (Phi) is 3.07. The van der Waals surface area contributed by atoms with Crippen LogP contribution in [0.3, 0.4) is 0 Å². The average molecular weight is 229 g/mol. The first-order valence-electron chi connectivity index (χ1n) is 5.02. The molecule has 3 nitrogen and oxygen atoms in total. The monoisotopic (exact) mass is 229 g/mol. The molecule has 0 aliphatic heterocycles. The van der Waals surface area contributed by atoms with E-state index in [1.54, 1.807) is 0 Å². The maximum absolute atomic E-state index is 13.3. The number of halogens is 2. The van der Waals surface area contributed by atoms with Gasteiger partial charge in [-0.3, -0.25) is 0 Å². The molecule has 2 rings (SSSR count). The summed E-state index contributed by atoms with van der Waals surface area (Å²) in [4.78, 5) is 0. The zero-order valence-electron chi connectivity index (χ0n) is 8.82. The smallest absolute Gasteiger partial charge is 0.165 e. The van der Waals surface area contributed by atoms with Gasteiger partial charge in [-0.1, -0.05) is 0 Å². The van der Waals surface area contributed by atoms with Crippen LogP contribution in [0, 0.1) is 11.6 Å². The highest BCUT2D eigenvalue weighted by Gasteiger charge is 2.41. The van der Waals surface area contributed by atoms with E-state index in [2.05, 4.69) is 0 Å². The van der Waals surface area contributed by atoms with Gasteiger partial charge in [0.05, 0.1) is 0 Å². The summed E-state index contributed by atoms with van der Waals surface area (Å²) in [5.74, 6) is -1.22.